The van der Waals surface area contributed by atoms with Crippen molar-refractivity contribution in [3.8, 4) is 0 Å². The number of hydrogen-bond acceptors (Lipinski definition) is 2. The highest BCUT2D eigenvalue weighted by Crippen LogP contribution is 2.24. The van der Waals surface area contributed by atoms with E-state index in [1.807, 2.05) is 0 Å². The summed E-state index contributed by atoms with van der Waals surface area (Å²) in [4.78, 5) is 0. The lowest BCUT2D eigenvalue weighted by Crippen LogP contribution is -2.31. The van der Waals surface area contributed by atoms with E-state index in [9.17, 15) is 0 Å². The molecule has 1 saturated carbocycles. The van der Waals surface area contributed by atoms with Crippen LogP contribution in [0.1, 0.15) is 25.7 Å². The van der Waals surface area contributed by atoms with Crippen molar-refractivity contribution in [1.82, 2.24) is 0 Å². The van der Waals surface area contributed by atoms with Crippen molar-refractivity contribution in [3.63, 3.8) is 0 Å². The van der Waals surface area contributed by atoms with Gasteiger partial charge in [0.05, 0.1) is 0 Å². The van der Waals surface area contributed by atoms with E-state index in [1.165, 1.54) is 25.7 Å². The maximum Gasteiger partial charge on any atom is 0.171 e. The highest BCUT2D eigenvalue weighted by Gasteiger charge is 2.23. The lowest BCUT2D eigenvalue weighted by atomic mass is 9.95. The molecule has 0 bridgehead atoms. The molecule has 0 amide bonds. The predicted octanol–water partition coefficient (Wildman–Crippen LogP) is 2.30. The number of hydrogen-bond donors (Lipinski definition) is 0. The van der Waals surface area contributed by atoms with Crippen molar-refractivity contribution in [2.24, 2.45) is 0 Å². The van der Waals surface area contributed by atoms with Crippen molar-refractivity contribution in [3.05, 3.63) is 0 Å². The normalized spacial score (nSPS) is 28.7. The summed E-state index contributed by atoms with van der Waals surface area (Å²) < 4.78 is 11.9. The van der Waals surface area contributed by atoms with Gasteiger partial charge in [0, 0.05) is 12.2 Å². The van der Waals surface area contributed by atoms with Crippen LogP contribution in [0.4, 0.5) is 0 Å². The minimum atomic E-state index is -0.825. The van der Waals surface area contributed by atoms with E-state index in [0.717, 1.165) is 0 Å². The Bertz CT molecular complexity index is 136. The highest BCUT2D eigenvalue weighted by molar-refractivity contribution is 6.48. The van der Waals surface area contributed by atoms with Gasteiger partial charge in [0.1, 0.15) is 0 Å². The molecule has 0 radical (unpaired) electrons. The molecule has 0 N–H and O–H groups in total. The Kier molecular flexibility index (Phi) is 5.37. The van der Waals surface area contributed by atoms with Crippen LogP contribution >= 0.6 is 0 Å². The second kappa shape index (κ2) is 6.05. The first-order valence-corrected chi connectivity index (χ1v) is 11.4. The molecule has 2 nitrogen and oxygen atoms in total. The van der Waals surface area contributed by atoms with Gasteiger partial charge < -0.3 is 8.85 Å². The van der Waals surface area contributed by atoms with Gasteiger partial charge in [0.2, 0.25) is 0 Å². The third kappa shape index (κ3) is 4.73. The van der Waals surface area contributed by atoms with Crippen LogP contribution < -0.4 is 0 Å². The van der Waals surface area contributed by atoms with Gasteiger partial charge in [-0.15, -0.1) is 0 Å². The molecule has 0 heterocycles. The van der Waals surface area contributed by atoms with Gasteiger partial charge in [0.15, 0.2) is 18.1 Å². The molecule has 1 aliphatic carbocycles. The summed E-state index contributed by atoms with van der Waals surface area (Å²) in [6.45, 7) is 9.01. The maximum atomic E-state index is 5.94. The van der Waals surface area contributed by atoms with Crippen LogP contribution in [-0.4, -0.2) is 30.3 Å². The number of rotatable bonds is 4. The average molecular weight is 232 g/mol. The first-order valence-electron chi connectivity index (χ1n) is 5.89. The van der Waals surface area contributed by atoms with Crippen molar-refractivity contribution >= 4 is 18.1 Å². The minimum Gasteiger partial charge on any atom is -0.418 e. The fraction of sp³-hybridized carbons (Fsp3) is 1.00. The highest BCUT2D eigenvalue weighted by atomic mass is 28.3. The van der Waals surface area contributed by atoms with Crippen molar-refractivity contribution < 1.29 is 8.85 Å². The van der Waals surface area contributed by atoms with Gasteiger partial charge in [-0.25, -0.2) is 0 Å². The topological polar surface area (TPSA) is 18.5 Å². The summed E-state index contributed by atoms with van der Waals surface area (Å²) in [5.74, 6) is 0. The molecule has 84 valence electrons. The molecule has 0 aromatic carbocycles. The Morgan fingerprint density at radius 1 is 0.714 bits per heavy atom. The quantitative estimate of drug-likeness (QED) is 0.693. The molecule has 0 atom stereocenters. The molecule has 0 aromatic rings. The lowest BCUT2D eigenvalue weighted by molar-refractivity contribution is 0.0802. The largest absolute Gasteiger partial charge is 0.418 e. The Morgan fingerprint density at radius 3 is 1.21 bits per heavy atom. The molecule has 1 rings (SSSR count). The average Bonchev–Trinajstić information content (AvgIpc) is 2.06. The standard InChI is InChI=1S/C10H24O2Si2/c1-13(2)11-9-5-7-10(8-6-9)12-14(3)4/h9-10,13-14H,5-8H2,1-4H3. The van der Waals surface area contributed by atoms with Crippen molar-refractivity contribution in [2.45, 2.75) is 64.1 Å². The van der Waals surface area contributed by atoms with Crippen LogP contribution in [0.25, 0.3) is 0 Å². The molecule has 0 aliphatic heterocycles. The van der Waals surface area contributed by atoms with Crippen LogP contribution in [0.2, 0.25) is 26.2 Å². The minimum absolute atomic E-state index is 0.551. The lowest BCUT2D eigenvalue weighted by Gasteiger charge is -2.31. The second-order valence-electron chi connectivity index (χ2n) is 4.77. The van der Waals surface area contributed by atoms with Gasteiger partial charge in [-0.3, -0.25) is 0 Å². The predicted molar refractivity (Wildman–Crippen MR) is 66.0 cm³/mol. The second-order valence-corrected chi connectivity index (χ2v) is 9.51. The van der Waals surface area contributed by atoms with Crippen LogP contribution in [0.3, 0.4) is 0 Å². The van der Waals surface area contributed by atoms with Crippen LogP contribution in [0.5, 0.6) is 0 Å². The van der Waals surface area contributed by atoms with E-state index in [0.29, 0.717) is 12.2 Å². The molecular formula is C10H24O2Si2. The Labute approximate surface area is 91.4 Å². The van der Waals surface area contributed by atoms with Crippen LogP contribution in [0.15, 0.2) is 0 Å². The fourth-order valence-corrected chi connectivity index (χ4v) is 4.16. The van der Waals surface area contributed by atoms with E-state index in [-0.39, 0.29) is 0 Å². The molecule has 1 aliphatic rings. The molecule has 14 heavy (non-hydrogen) atoms. The molecule has 0 spiro atoms. The van der Waals surface area contributed by atoms with Gasteiger partial charge in [-0.1, -0.05) is 0 Å². The van der Waals surface area contributed by atoms with E-state index in [2.05, 4.69) is 26.2 Å². The van der Waals surface area contributed by atoms with E-state index in [4.69, 9.17) is 8.85 Å². The van der Waals surface area contributed by atoms with Crippen molar-refractivity contribution in [1.29, 1.82) is 0 Å². The Balaban J connectivity index is 2.17. The summed E-state index contributed by atoms with van der Waals surface area (Å²) in [6.07, 6.45) is 5.98. The van der Waals surface area contributed by atoms with Crippen LogP contribution in [0, 0.1) is 0 Å². The van der Waals surface area contributed by atoms with Gasteiger partial charge >= 0.3 is 0 Å². The smallest absolute Gasteiger partial charge is 0.171 e. The van der Waals surface area contributed by atoms with Gasteiger partial charge in [-0.2, -0.15) is 0 Å². The molecule has 1 fully saturated rings. The van der Waals surface area contributed by atoms with Gasteiger partial charge in [-0.05, 0) is 51.9 Å². The first-order chi connectivity index (χ1) is 6.58. The molecule has 0 unspecified atom stereocenters. The molecular weight excluding hydrogens is 208 g/mol. The Morgan fingerprint density at radius 2 is 1.00 bits per heavy atom. The Hall–Kier alpha value is 0.354. The summed E-state index contributed by atoms with van der Waals surface area (Å²) in [7, 11) is -1.65. The first kappa shape index (κ1) is 12.4. The van der Waals surface area contributed by atoms with Gasteiger partial charge in [0.25, 0.3) is 0 Å². The molecule has 0 saturated heterocycles. The third-order valence-corrected chi connectivity index (χ3v) is 4.41. The molecule has 4 heteroatoms. The summed E-state index contributed by atoms with van der Waals surface area (Å²) in [5, 5.41) is 0. The van der Waals surface area contributed by atoms with Crippen LogP contribution in [-0.2, 0) is 8.85 Å². The summed E-state index contributed by atoms with van der Waals surface area (Å²) >= 11 is 0. The monoisotopic (exact) mass is 232 g/mol. The van der Waals surface area contributed by atoms with E-state index >= 15 is 0 Å². The third-order valence-electron chi connectivity index (χ3n) is 2.55. The zero-order valence-electron chi connectivity index (χ0n) is 9.95. The SMILES string of the molecule is C[SiH](C)OC1CCC(O[SiH](C)C)CC1. The maximum absolute atomic E-state index is 5.94. The van der Waals surface area contributed by atoms with Crippen molar-refractivity contribution in [2.75, 3.05) is 0 Å². The zero-order valence-corrected chi connectivity index (χ0v) is 12.3. The summed E-state index contributed by atoms with van der Waals surface area (Å²) in [6, 6.07) is 0. The fourth-order valence-electron chi connectivity index (χ4n) is 2.07. The van der Waals surface area contributed by atoms with E-state index < -0.39 is 18.1 Å². The van der Waals surface area contributed by atoms with E-state index in [1.54, 1.807) is 0 Å². The zero-order chi connectivity index (χ0) is 10.6. The molecule has 0 aromatic heterocycles. The summed E-state index contributed by atoms with van der Waals surface area (Å²) in [5.41, 5.74) is 0.